The molecule has 1 aromatic carbocycles. The van der Waals surface area contributed by atoms with Gasteiger partial charge in [0.25, 0.3) is 11.8 Å². The monoisotopic (exact) mass is 399 g/mol. The van der Waals surface area contributed by atoms with Crippen LogP contribution in [-0.2, 0) is 0 Å². The number of carbonyl (C=O) groups excluding carboxylic acids is 2. The molecule has 1 aromatic rings. The number of imide groups is 1. The van der Waals surface area contributed by atoms with E-state index in [1.807, 2.05) is 0 Å². The fourth-order valence-electron chi connectivity index (χ4n) is 2.59. The highest BCUT2D eigenvalue weighted by Gasteiger charge is 2.49. The molecule has 5 nitrogen and oxygen atoms in total. The second-order valence-electron chi connectivity index (χ2n) is 6.21. The van der Waals surface area contributed by atoms with E-state index < -0.39 is 29.6 Å². The molecule has 1 aliphatic heterocycles. The maximum Gasteiger partial charge on any atom is 0.263 e. The predicted octanol–water partition coefficient (Wildman–Crippen LogP) is 3.62. The topological polar surface area (TPSA) is 77.8 Å². The first kappa shape index (κ1) is 18.8. The Morgan fingerprint density at radius 2 is 1.17 bits per heavy atom. The number of rotatable bonds is 2. The zero-order valence-electron chi connectivity index (χ0n) is 12.3. The van der Waals surface area contributed by atoms with Gasteiger partial charge in [0, 0.05) is 0 Å². The highest BCUT2D eigenvalue weighted by atomic mass is 35.5. The molecule has 9 heteroatoms. The Hall–Kier alpha value is -0.560. The fourth-order valence-corrected chi connectivity index (χ4v) is 3.60. The lowest BCUT2D eigenvalue weighted by atomic mass is 9.85. The number of aliphatic hydroxyl groups is 2. The molecule has 0 fully saturated rings. The lowest BCUT2D eigenvalue weighted by Crippen LogP contribution is -2.53. The Bertz CT molecular complexity index is 665. The van der Waals surface area contributed by atoms with E-state index in [0.29, 0.717) is 0 Å². The van der Waals surface area contributed by atoms with Crippen LogP contribution in [-0.4, -0.2) is 39.3 Å². The van der Waals surface area contributed by atoms with Gasteiger partial charge in [0.05, 0.1) is 37.3 Å². The fraction of sp³-hybridized carbons (Fsp3) is 0.429. The quantitative estimate of drug-likeness (QED) is 0.344. The van der Waals surface area contributed by atoms with E-state index in [-0.39, 0.29) is 31.2 Å². The number of halogens is 4. The third kappa shape index (κ3) is 2.84. The first-order chi connectivity index (χ1) is 10.4. The van der Waals surface area contributed by atoms with E-state index in [9.17, 15) is 19.8 Å². The summed E-state index contributed by atoms with van der Waals surface area (Å²) in [6.07, 6.45) is -1.94. The van der Waals surface area contributed by atoms with Crippen molar-refractivity contribution in [2.45, 2.75) is 33.1 Å². The van der Waals surface area contributed by atoms with Crippen molar-refractivity contribution in [2.75, 3.05) is 0 Å². The SMILES string of the molecule is CC(C)(C)[C@H](C(O)O)N1C(=O)c2c(Cl)c(Cl)c(Cl)c(Cl)c2C1=O. The van der Waals surface area contributed by atoms with Crippen LogP contribution in [0.2, 0.25) is 20.1 Å². The molecule has 0 spiro atoms. The number of amides is 2. The third-order valence-electron chi connectivity index (χ3n) is 3.58. The number of benzene rings is 1. The van der Waals surface area contributed by atoms with Gasteiger partial charge in [-0.3, -0.25) is 14.5 Å². The van der Waals surface area contributed by atoms with E-state index in [4.69, 9.17) is 46.4 Å². The summed E-state index contributed by atoms with van der Waals surface area (Å²) in [7, 11) is 0. The number of hydrogen-bond acceptors (Lipinski definition) is 4. The van der Waals surface area contributed by atoms with Crippen LogP contribution in [0.1, 0.15) is 41.5 Å². The second-order valence-corrected chi connectivity index (χ2v) is 7.72. The summed E-state index contributed by atoms with van der Waals surface area (Å²) >= 11 is 23.9. The van der Waals surface area contributed by atoms with E-state index in [1.54, 1.807) is 20.8 Å². The van der Waals surface area contributed by atoms with E-state index >= 15 is 0 Å². The van der Waals surface area contributed by atoms with Crippen molar-refractivity contribution in [2.24, 2.45) is 5.41 Å². The number of hydrogen-bond donors (Lipinski definition) is 2. The molecule has 0 aliphatic carbocycles. The number of carbonyl (C=O) groups is 2. The van der Waals surface area contributed by atoms with Crippen molar-refractivity contribution in [3.8, 4) is 0 Å². The average molecular weight is 401 g/mol. The average Bonchev–Trinajstić information content (AvgIpc) is 2.66. The summed E-state index contributed by atoms with van der Waals surface area (Å²) in [5.41, 5.74) is -1.19. The molecule has 2 amide bonds. The van der Waals surface area contributed by atoms with Crippen LogP contribution >= 0.6 is 46.4 Å². The first-order valence-electron chi connectivity index (χ1n) is 6.51. The zero-order chi connectivity index (χ0) is 17.9. The summed E-state index contributed by atoms with van der Waals surface area (Å²) < 4.78 is 0. The van der Waals surface area contributed by atoms with Gasteiger partial charge in [0.2, 0.25) is 0 Å². The molecule has 2 N–H and O–H groups in total. The van der Waals surface area contributed by atoms with E-state index in [1.165, 1.54) is 0 Å². The van der Waals surface area contributed by atoms with Gasteiger partial charge in [0.15, 0.2) is 6.29 Å². The largest absolute Gasteiger partial charge is 0.366 e. The lowest BCUT2D eigenvalue weighted by Gasteiger charge is -2.37. The summed E-state index contributed by atoms with van der Waals surface area (Å²) in [4.78, 5) is 26.1. The highest BCUT2D eigenvalue weighted by Crippen LogP contribution is 2.46. The predicted molar refractivity (Wildman–Crippen MR) is 88.5 cm³/mol. The molecule has 0 saturated heterocycles. The number of nitrogens with zero attached hydrogens (tertiary/aromatic N) is 1. The van der Waals surface area contributed by atoms with Crippen molar-refractivity contribution >= 4 is 58.2 Å². The molecular formula is C14H13Cl4NO4. The zero-order valence-corrected chi connectivity index (χ0v) is 15.3. The molecule has 23 heavy (non-hydrogen) atoms. The van der Waals surface area contributed by atoms with Crippen LogP contribution in [0.5, 0.6) is 0 Å². The van der Waals surface area contributed by atoms with E-state index in [0.717, 1.165) is 4.90 Å². The van der Waals surface area contributed by atoms with Crippen LogP contribution in [0.15, 0.2) is 0 Å². The van der Waals surface area contributed by atoms with Gasteiger partial charge in [0.1, 0.15) is 0 Å². The molecule has 0 unspecified atom stereocenters. The van der Waals surface area contributed by atoms with Crippen LogP contribution in [0.4, 0.5) is 0 Å². The molecule has 0 saturated carbocycles. The van der Waals surface area contributed by atoms with Gasteiger partial charge in [-0.2, -0.15) is 0 Å². The Balaban J connectivity index is 2.71. The van der Waals surface area contributed by atoms with Gasteiger partial charge < -0.3 is 10.2 Å². The maximum atomic E-state index is 12.7. The van der Waals surface area contributed by atoms with Gasteiger partial charge >= 0.3 is 0 Å². The van der Waals surface area contributed by atoms with Crippen LogP contribution < -0.4 is 0 Å². The summed E-state index contributed by atoms with van der Waals surface area (Å²) in [6, 6.07) is -1.21. The number of aliphatic hydroxyl groups excluding tert-OH is 1. The Morgan fingerprint density at radius 3 is 1.43 bits per heavy atom. The first-order valence-corrected chi connectivity index (χ1v) is 8.02. The standard InChI is InChI=1S/C14H13Cl4NO4/c1-14(2,3)10(13(22)23)19-11(20)4-5(12(19)21)7(16)9(18)8(17)6(4)15/h10,13,22-23H,1-3H3/t10-/m0/s1. The minimum atomic E-state index is -1.94. The molecule has 1 heterocycles. The van der Waals surface area contributed by atoms with Crippen molar-refractivity contribution in [1.29, 1.82) is 0 Å². The molecule has 0 aromatic heterocycles. The van der Waals surface area contributed by atoms with Gasteiger partial charge in [-0.05, 0) is 5.41 Å². The molecule has 1 atom stereocenters. The maximum absolute atomic E-state index is 12.7. The molecule has 0 bridgehead atoms. The van der Waals surface area contributed by atoms with Crippen molar-refractivity contribution in [3.05, 3.63) is 31.2 Å². The number of fused-ring (bicyclic) bond motifs is 1. The Kier molecular flexibility index (Phi) is 4.95. The lowest BCUT2D eigenvalue weighted by molar-refractivity contribution is -0.114. The van der Waals surface area contributed by atoms with Crippen molar-refractivity contribution in [1.82, 2.24) is 4.90 Å². The summed E-state index contributed by atoms with van der Waals surface area (Å²) in [6.45, 7) is 4.97. The summed E-state index contributed by atoms with van der Waals surface area (Å²) in [5.74, 6) is -1.60. The summed E-state index contributed by atoms with van der Waals surface area (Å²) in [5, 5.41) is 18.6. The normalized spacial score (nSPS) is 16.3. The Morgan fingerprint density at radius 1 is 0.826 bits per heavy atom. The van der Waals surface area contributed by atoms with Crippen LogP contribution in [0, 0.1) is 5.41 Å². The third-order valence-corrected chi connectivity index (χ3v) is 5.38. The molecule has 2 rings (SSSR count). The van der Waals surface area contributed by atoms with Gasteiger partial charge in [-0.1, -0.05) is 67.2 Å². The van der Waals surface area contributed by atoms with Gasteiger partial charge in [-0.25, -0.2) is 0 Å². The second kappa shape index (κ2) is 6.06. The van der Waals surface area contributed by atoms with Crippen molar-refractivity contribution < 1.29 is 19.8 Å². The van der Waals surface area contributed by atoms with Crippen LogP contribution in [0.3, 0.4) is 0 Å². The Labute approximate surface area is 152 Å². The molecular weight excluding hydrogens is 388 g/mol. The molecule has 1 aliphatic rings. The minimum Gasteiger partial charge on any atom is -0.366 e. The van der Waals surface area contributed by atoms with Gasteiger partial charge in [-0.15, -0.1) is 0 Å². The minimum absolute atomic E-state index is 0.142. The highest BCUT2D eigenvalue weighted by molar-refractivity contribution is 6.55. The van der Waals surface area contributed by atoms with Crippen molar-refractivity contribution in [3.63, 3.8) is 0 Å². The molecule has 0 radical (unpaired) electrons. The van der Waals surface area contributed by atoms with Crippen LogP contribution in [0.25, 0.3) is 0 Å². The smallest absolute Gasteiger partial charge is 0.263 e. The van der Waals surface area contributed by atoms with E-state index in [2.05, 4.69) is 0 Å². The molecule has 126 valence electrons.